The van der Waals surface area contributed by atoms with E-state index in [0.717, 1.165) is 13.1 Å². The molecule has 1 aliphatic rings. The molecule has 1 aliphatic heterocycles. The van der Waals surface area contributed by atoms with Crippen molar-refractivity contribution in [3.05, 3.63) is 0 Å². The van der Waals surface area contributed by atoms with E-state index in [1.807, 2.05) is 6.92 Å². The lowest BCUT2D eigenvalue weighted by molar-refractivity contribution is -0.122. The van der Waals surface area contributed by atoms with E-state index in [0.29, 0.717) is 12.5 Å². The lowest BCUT2D eigenvalue weighted by atomic mass is 10.0. The Hall–Kier alpha value is -0.610. The van der Waals surface area contributed by atoms with Crippen molar-refractivity contribution in [2.24, 2.45) is 5.73 Å². The molecule has 4 heteroatoms. The van der Waals surface area contributed by atoms with Crippen LogP contribution in [-0.2, 0) is 4.79 Å². The van der Waals surface area contributed by atoms with Gasteiger partial charge in [-0.25, -0.2) is 0 Å². The molecule has 0 aromatic rings. The second-order valence-electron chi connectivity index (χ2n) is 4.39. The Morgan fingerprint density at radius 1 is 1.60 bits per heavy atom. The summed E-state index contributed by atoms with van der Waals surface area (Å²) < 4.78 is 0. The van der Waals surface area contributed by atoms with Crippen LogP contribution in [0.4, 0.5) is 0 Å². The van der Waals surface area contributed by atoms with Crippen LogP contribution in [0.1, 0.15) is 32.6 Å². The fourth-order valence-electron chi connectivity index (χ4n) is 1.94. The van der Waals surface area contributed by atoms with Gasteiger partial charge >= 0.3 is 0 Å². The van der Waals surface area contributed by atoms with Crippen LogP contribution in [0, 0.1) is 0 Å². The Bertz CT molecular complexity index is 208. The molecule has 1 saturated heterocycles. The van der Waals surface area contributed by atoms with Crippen LogP contribution in [0.5, 0.6) is 0 Å². The van der Waals surface area contributed by atoms with Gasteiger partial charge < -0.3 is 16.0 Å². The monoisotopic (exact) mass is 213 g/mol. The van der Waals surface area contributed by atoms with E-state index < -0.39 is 0 Å². The number of hydrogen-bond donors (Lipinski definition) is 2. The first-order valence-corrected chi connectivity index (χ1v) is 5.88. The van der Waals surface area contributed by atoms with E-state index in [2.05, 4.69) is 17.3 Å². The van der Waals surface area contributed by atoms with Crippen LogP contribution in [0.3, 0.4) is 0 Å². The van der Waals surface area contributed by atoms with Crippen LogP contribution >= 0.6 is 0 Å². The molecule has 0 radical (unpaired) electrons. The van der Waals surface area contributed by atoms with E-state index in [-0.39, 0.29) is 11.9 Å². The van der Waals surface area contributed by atoms with Gasteiger partial charge in [0.2, 0.25) is 5.91 Å². The van der Waals surface area contributed by atoms with E-state index >= 15 is 0 Å². The zero-order valence-electron chi connectivity index (χ0n) is 9.83. The summed E-state index contributed by atoms with van der Waals surface area (Å²) in [6.45, 7) is 3.81. The Morgan fingerprint density at radius 3 is 2.93 bits per heavy atom. The number of nitrogens with two attached hydrogens (primary N) is 1. The minimum Gasteiger partial charge on any atom is -0.353 e. The number of nitrogens with one attached hydrogen (secondary N) is 1. The Labute approximate surface area is 92.2 Å². The van der Waals surface area contributed by atoms with Gasteiger partial charge in [-0.05, 0) is 32.9 Å². The maximum absolute atomic E-state index is 11.5. The summed E-state index contributed by atoms with van der Waals surface area (Å²) in [5.74, 6) is -0.0172. The third-order valence-corrected chi connectivity index (χ3v) is 3.21. The van der Waals surface area contributed by atoms with Crippen molar-refractivity contribution in [1.82, 2.24) is 10.2 Å². The van der Waals surface area contributed by atoms with Gasteiger partial charge in [-0.1, -0.05) is 13.3 Å². The fraction of sp³-hybridized carbons (Fsp3) is 0.909. The highest BCUT2D eigenvalue weighted by Gasteiger charge is 2.20. The van der Waals surface area contributed by atoms with Crippen LogP contribution in [0.15, 0.2) is 0 Å². The van der Waals surface area contributed by atoms with Crippen LogP contribution in [0.25, 0.3) is 0 Å². The number of likely N-dealkylation sites (tertiary alicyclic amines) is 1. The number of nitrogens with zero attached hydrogens (tertiary/aromatic N) is 1. The summed E-state index contributed by atoms with van der Waals surface area (Å²) in [6.07, 6.45) is 4.42. The second kappa shape index (κ2) is 6.08. The third kappa shape index (κ3) is 3.80. The van der Waals surface area contributed by atoms with Crippen LogP contribution in [-0.4, -0.2) is 43.0 Å². The van der Waals surface area contributed by atoms with Crippen molar-refractivity contribution in [3.8, 4) is 0 Å². The number of carbonyl (C=O) groups excluding carboxylic acids is 1. The fourth-order valence-corrected chi connectivity index (χ4v) is 1.94. The van der Waals surface area contributed by atoms with Crippen LogP contribution < -0.4 is 11.1 Å². The van der Waals surface area contributed by atoms with Crippen molar-refractivity contribution >= 4 is 5.91 Å². The zero-order valence-corrected chi connectivity index (χ0v) is 9.83. The van der Waals surface area contributed by atoms with Crippen molar-refractivity contribution in [2.75, 3.05) is 20.1 Å². The summed E-state index contributed by atoms with van der Waals surface area (Å²) in [5, 5.41) is 2.93. The lowest BCUT2D eigenvalue weighted by Crippen LogP contribution is -2.48. The summed E-state index contributed by atoms with van der Waals surface area (Å²) in [5.41, 5.74) is 5.64. The number of hydrogen-bond acceptors (Lipinski definition) is 3. The molecule has 0 aromatic heterocycles. The average molecular weight is 213 g/mol. The number of amides is 1. The average Bonchev–Trinajstić information content (AvgIpc) is 2.26. The molecule has 0 spiro atoms. The molecule has 0 aromatic carbocycles. The molecule has 0 bridgehead atoms. The zero-order chi connectivity index (χ0) is 11.3. The molecule has 1 amide bonds. The first-order chi connectivity index (χ1) is 7.15. The predicted molar refractivity (Wildman–Crippen MR) is 61.5 cm³/mol. The standard InChI is InChI=1S/C11H23N3O/c1-3-10(12)11(15)13-8-9-6-4-5-7-14(9)2/h9-10H,3-8,12H2,1-2H3,(H,13,15)/t9?,10-/m1/s1. The highest BCUT2D eigenvalue weighted by molar-refractivity contribution is 5.81. The van der Waals surface area contributed by atoms with Crippen molar-refractivity contribution in [3.63, 3.8) is 0 Å². The SMILES string of the molecule is CC[C@@H](N)C(=O)NCC1CCCCN1C. The molecule has 1 rings (SSSR count). The number of likely N-dealkylation sites (N-methyl/N-ethyl adjacent to an activating group) is 1. The Balaban J connectivity index is 2.26. The van der Waals surface area contributed by atoms with Crippen LogP contribution in [0.2, 0.25) is 0 Å². The maximum atomic E-state index is 11.5. The summed E-state index contributed by atoms with van der Waals surface area (Å²) >= 11 is 0. The molecule has 1 fully saturated rings. The maximum Gasteiger partial charge on any atom is 0.236 e. The first kappa shape index (κ1) is 12.5. The van der Waals surface area contributed by atoms with Gasteiger partial charge in [0.1, 0.15) is 0 Å². The Morgan fingerprint density at radius 2 is 2.33 bits per heavy atom. The van der Waals surface area contributed by atoms with Crippen molar-refractivity contribution in [2.45, 2.75) is 44.7 Å². The van der Waals surface area contributed by atoms with Gasteiger partial charge in [-0.2, -0.15) is 0 Å². The smallest absolute Gasteiger partial charge is 0.236 e. The number of carbonyl (C=O) groups is 1. The topological polar surface area (TPSA) is 58.4 Å². The Kier molecular flexibility index (Phi) is 5.05. The quantitative estimate of drug-likeness (QED) is 0.707. The van der Waals surface area contributed by atoms with Gasteiger partial charge in [-0.3, -0.25) is 4.79 Å². The van der Waals surface area contributed by atoms with Gasteiger partial charge in [0.15, 0.2) is 0 Å². The molecule has 1 heterocycles. The molecule has 1 unspecified atom stereocenters. The van der Waals surface area contributed by atoms with Crippen molar-refractivity contribution in [1.29, 1.82) is 0 Å². The molecule has 3 N–H and O–H groups in total. The summed E-state index contributed by atoms with van der Waals surface area (Å²) in [6, 6.07) is 0.144. The van der Waals surface area contributed by atoms with Gasteiger partial charge in [0.05, 0.1) is 6.04 Å². The molecule has 0 aliphatic carbocycles. The molecule has 2 atom stereocenters. The highest BCUT2D eigenvalue weighted by Crippen LogP contribution is 2.13. The van der Waals surface area contributed by atoms with Gasteiger partial charge in [0, 0.05) is 12.6 Å². The van der Waals surface area contributed by atoms with E-state index in [4.69, 9.17) is 5.73 Å². The largest absolute Gasteiger partial charge is 0.353 e. The predicted octanol–water partition coefficient (Wildman–Crippen LogP) is 0.324. The van der Waals surface area contributed by atoms with Crippen molar-refractivity contribution < 1.29 is 4.79 Å². The number of piperidine rings is 1. The molecule has 0 saturated carbocycles. The third-order valence-electron chi connectivity index (χ3n) is 3.21. The molecule has 15 heavy (non-hydrogen) atoms. The van der Waals surface area contributed by atoms with Gasteiger partial charge in [0.25, 0.3) is 0 Å². The first-order valence-electron chi connectivity index (χ1n) is 5.88. The minimum atomic E-state index is -0.348. The molecular formula is C11H23N3O. The normalized spacial score (nSPS) is 24.9. The highest BCUT2D eigenvalue weighted by atomic mass is 16.2. The lowest BCUT2D eigenvalue weighted by Gasteiger charge is -2.32. The molecular weight excluding hydrogens is 190 g/mol. The second-order valence-corrected chi connectivity index (χ2v) is 4.39. The van der Waals surface area contributed by atoms with E-state index in [1.165, 1.54) is 19.3 Å². The summed E-state index contributed by atoms with van der Waals surface area (Å²) in [4.78, 5) is 13.8. The molecule has 88 valence electrons. The minimum absolute atomic E-state index is 0.0172. The van der Waals surface area contributed by atoms with Gasteiger partial charge in [-0.15, -0.1) is 0 Å². The number of rotatable bonds is 4. The molecule has 4 nitrogen and oxygen atoms in total. The van der Waals surface area contributed by atoms with E-state index in [9.17, 15) is 4.79 Å². The van der Waals surface area contributed by atoms with E-state index in [1.54, 1.807) is 0 Å². The summed E-state index contributed by atoms with van der Waals surface area (Å²) in [7, 11) is 2.12.